The molecule has 3 rings (SSSR count). The second kappa shape index (κ2) is 9.20. The van der Waals surface area contributed by atoms with Crippen LogP contribution in [0.4, 0.5) is 17.1 Å². The van der Waals surface area contributed by atoms with E-state index in [4.69, 9.17) is 11.6 Å². The highest BCUT2D eigenvalue weighted by atomic mass is 35.5. The molecule has 176 valence electrons. The Bertz CT molecular complexity index is 1400. The lowest BCUT2D eigenvalue weighted by Gasteiger charge is -2.25. The first-order valence-electron chi connectivity index (χ1n) is 9.70. The average Bonchev–Trinajstić information content (AvgIpc) is 2.76. The largest absolute Gasteiger partial charge is 0.279 e. The number of anilines is 1. The van der Waals surface area contributed by atoms with Gasteiger partial charge in [-0.2, -0.15) is 4.31 Å². The lowest BCUT2D eigenvalue weighted by Crippen LogP contribution is -2.37. The number of nitrogens with zero attached hydrogens (tertiary/aromatic N) is 3. The molecule has 0 heterocycles. The summed E-state index contributed by atoms with van der Waals surface area (Å²) in [5.41, 5.74) is -1.07. The molecule has 12 heteroatoms. The van der Waals surface area contributed by atoms with Gasteiger partial charge < -0.3 is 0 Å². The van der Waals surface area contributed by atoms with Gasteiger partial charge in [-0.15, -0.1) is 0 Å². The zero-order chi connectivity index (χ0) is 25.4. The quantitative estimate of drug-likeness (QED) is 0.335. The average molecular weight is 504 g/mol. The summed E-state index contributed by atoms with van der Waals surface area (Å²) in [5.74, 6) is -1.19. The molecule has 0 aromatic heterocycles. The Balaban J connectivity index is 2.33. The Labute approximate surface area is 199 Å². The molecule has 10 nitrogen and oxygen atoms in total. The monoisotopic (exact) mass is 503 g/mol. The highest BCUT2D eigenvalue weighted by molar-refractivity contribution is 7.93. The number of aryl methyl sites for hydroxylation is 2. The van der Waals surface area contributed by atoms with Crippen LogP contribution in [0.2, 0.25) is 5.02 Å². The summed E-state index contributed by atoms with van der Waals surface area (Å²) in [6.07, 6.45) is 0. The van der Waals surface area contributed by atoms with Gasteiger partial charge in [-0.25, -0.2) is 8.42 Å². The normalized spacial score (nSPS) is 11.2. The number of amides is 1. The number of carbonyl (C=O) groups is 1. The maximum atomic E-state index is 13.6. The molecule has 3 aromatic rings. The smallest absolute Gasteiger partial charge is 0.268 e. The molecule has 0 atom stereocenters. The van der Waals surface area contributed by atoms with Gasteiger partial charge in [0.2, 0.25) is 0 Å². The number of rotatable bonds is 6. The standard InChI is InChI=1S/C22H18ClN3O7S/c1-13-4-5-14(2)19(10-13)24(34(32,33)18-8-6-17(23)7-9-18)22(27)16-11-20(25(28)29)15(3)21(12-16)26(30)31/h4-12H,1-3H3. The molecule has 3 aromatic carbocycles. The van der Waals surface area contributed by atoms with Crippen LogP contribution in [0, 0.1) is 41.0 Å². The fourth-order valence-electron chi connectivity index (χ4n) is 3.30. The number of benzene rings is 3. The minimum atomic E-state index is -4.55. The summed E-state index contributed by atoms with van der Waals surface area (Å²) in [6.45, 7) is 4.46. The van der Waals surface area contributed by atoms with Crippen molar-refractivity contribution in [2.45, 2.75) is 25.7 Å². The van der Waals surface area contributed by atoms with Gasteiger partial charge in [0.05, 0.1) is 26.0 Å². The molecular formula is C22H18ClN3O7S. The molecule has 0 aliphatic rings. The topological polar surface area (TPSA) is 141 Å². The summed E-state index contributed by atoms with van der Waals surface area (Å²) in [6, 6.07) is 11.6. The molecule has 0 saturated heterocycles. The number of hydrogen-bond donors (Lipinski definition) is 0. The van der Waals surface area contributed by atoms with Gasteiger partial charge in [0.1, 0.15) is 5.56 Å². The number of nitro benzene ring substituents is 2. The summed E-state index contributed by atoms with van der Waals surface area (Å²) < 4.78 is 27.7. The zero-order valence-corrected chi connectivity index (χ0v) is 19.8. The number of halogens is 1. The summed E-state index contributed by atoms with van der Waals surface area (Å²) in [5, 5.41) is 23.2. The van der Waals surface area contributed by atoms with Crippen molar-refractivity contribution in [2.24, 2.45) is 0 Å². The van der Waals surface area contributed by atoms with Gasteiger partial charge in [0.25, 0.3) is 27.3 Å². The van der Waals surface area contributed by atoms with Gasteiger partial charge >= 0.3 is 0 Å². The fraction of sp³-hybridized carbons (Fsp3) is 0.136. The van der Waals surface area contributed by atoms with Crippen molar-refractivity contribution >= 4 is 44.6 Å². The minimum absolute atomic E-state index is 0.00540. The van der Waals surface area contributed by atoms with E-state index in [9.17, 15) is 33.4 Å². The molecule has 34 heavy (non-hydrogen) atoms. The highest BCUT2D eigenvalue weighted by Gasteiger charge is 2.35. The van der Waals surface area contributed by atoms with E-state index in [2.05, 4.69) is 0 Å². The van der Waals surface area contributed by atoms with Crippen LogP contribution in [0.3, 0.4) is 0 Å². The predicted molar refractivity (Wildman–Crippen MR) is 126 cm³/mol. The van der Waals surface area contributed by atoms with Crippen LogP contribution in [0.15, 0.2) is 59.5 Å². The van der Waals surface area contributed by atoms with E-state index in [0.29, 0.717) is 15.4 Å². The zero-order valence-electron chi connectivity index (χ0n) is 18.2. The van der Waals surface area contributed by atoms with Crippen LogP contribution >= 0.6 is 11.6 Å². The van der Waals surface area contributed by atoms with Crippen LogP contribution in [-0.2, 0) is 10.0 Å². The van der Waals surface area contributed by atoms with Crippen LogP contribution < -0.4 is 4.31 Å². The second-order valence-corrected chi connectivity index (χ2v) is 9.70. The molecule has 0 unspecified atom stereocenters. The van der Waals surface area contributed by atoms with Gasteiger partial charge in [-0.3, -0.25) is 25.0 Å². The van der Waals surface area contributed by atoms with E-state index in [1.54, 1.807) is 26.0 Å². The Kier molecular flexibility index (Phi) is 6.71. The van der Waals surface area contributed by atoms with Crippen LogP contribution in [0.5, 0.6) is 0 Å². The molecule has 1 amide bonds. The second-order valence-electron chi connectivity index (χ2n) is 7.47. The number of carbonyl (C=O) groups excluding carboxylic acids is 1. The summed E-state index contributed by atoms with van der Waals surface area (Å²) in [4.78, 5) is 34.6. The van der Waals surface area contributed by atoms with E-state index >= 15 is 0 Å². The molecule has 0 bridgehead atoms. The Hall–Kier alpha value is -3.83. The Morgan fingerprint density at radius 3 is 1.91 bits per heavy atom. The predicted octanol–water partition coefficient (Wildman–Crippen LogP) is 5.12. The fourth-order valence-corrected chi connectivity index (χ4v) is 4.90. The lowest BCUT2D eigenvalue weighted by molar-refractivity contribution is -0.395. The number of nitro groups is 2. The van der Waals surface area contributed by atoms with E-state index in [1.165, 1.54) is 37.3 Å². The first-order valence-corrected chi connectivity index (χ1v) is 11.5. The first-order chi connectivity index (χ1) is 15.8. The van der Waals surface area contributed by atoms with Crippen molar-refractivity contribution < 1.29 is 23.1 Å². The van der Waals surface area contributed by atoms with Crippen molar-refractivity contribution in [3.63, 3.8) is 0 Å². The van der Waals surface area contributed by atoms with Gasteiger partial charge in [-0.1, -0.05) is 23.7 Å². The van der Waals surface area contributed by atoms with E-state index < -0.39 is 42.7 Å². The molecule has 0 aliphatic carbocycles. The van der Waals surface area contributed by atoms with Crippen molar-refractivity contribution in [3.8, 4) is 0 Å². The summed E-state index contributed by atoms with van der Waals surface area (Å²) >= 11 is 5.87. The van der Waals surface area contributed by atoms with Crippen LogP contribution in [-0.4, -0.2) is 24.2 Å². The van der Waals surface area contributed by atoms with Crippen molar-refractivity contribution in [1.82, 2.24) is 0 Å². The maximum Gasteiger partial charge on any atom is 0.279 e. The Morgan fingerprint density at radius 1 is 0.882 bits per heavy atom. The van der Waals surface area contributed by atoms with Gasteiger partial charge in [-0.05, 0) is 62.2 Å². The third-order valence-electron chi connectivity index (χ3n) is 5.11. The molecule has 0 spiro atoms. The third-order valence-corrected chi connectivity index (χ3v) is 7.08. The van der Waals surface area contributed by atoms with Crippen molar-refractivity contribution in [2.75, 3.05) is 4.31 Å². The number of sulfonamides is 1. The molecular weight excluding hydrogens is 486 g/mol. The van der Waals surface area contributed by atoms with E-state index in [0.717, 1.165) is 12.1 Å². The molecule has 0 radical (unpaired) electrons. The maximum absolute atomic E-state index is 13.6. The molecule has 0 aliphatic heterocycles. The molecule has 0 fully saturated rings. The summed E-state index contributed by atoms with van der Waals surface area (Å²) in [7, 11) is -4.55. The van der Waals surface area contributed by atoms with Crippen LogP contribution in [0.25, 0.3) is 0 Å². The van der Waals surface area contributed by atoms with Crippen molar-refractivity contribution in [1.29, 1.82) is 0 Å². The third kappa shape index (κ3) is 4.61. The van der Waals surface area contributed by atoms with E-state index in [-0.39, 0.29) is 21.2 Å². The van der Waals surface area contributed by atoms with Crippen molar-refractivity contribution in [3.05, 3.63) is 102 Å². The molecule has 0 N–H and O–H groups in total. The number of hydrogen-bond acceptors (Lipinski definition) is 7. The first kappa shape index (κ1) is 24.8. The lowest BCUT2D eigenvalue weighted by atomic mass is 10.1. The minimum Gasteiger partial charge on any atom is -0.268 e. The van der Waals surface area contributed by atoms with E-state index in [1.807, 2.05) is 0 Å². The highest BCUT2D eigenvalue weighted by Crippen LogP contribution is 2.34. The van der Waals surface area contributed by atoms with Gasteiger partial charge in [0, 0.05) is 17.2 Å². The van der Waals surface area contributed by atoms with Gasteiger partial charge in [0.15, 0.2) is 0 Å². The SMILES string of the molecule is Cc1ccc(C)c(N(C(=O)c2cc([N+](=O)[O-])c(C)c([N+](=O)[O-])c2)S(=O)(=O)c2ccc(Cl)cc2)c1. The molecule has 0 saturated carbocycles. The Morgan fingerprint density at radius 2 is 1.41 bits per heavy atom. The van der Waals surface area contributed by atoms with Crippen LogP contribution in [0.1, 0.15) is 27.0 Å².